The molecule has 1 saturated carbocycles. The summed E-state index contributed by atoms with van der Waals surface area (Å²) in [4.78, 5) is 24.8. The number of aliphatic carboxylic acids is 1. The monoisotopic (exact) mass is 241 g/mol. The minimum absolute atomic E-state index is 0.00500. The van der Waals surface area contributed by atoms with Crippen molar-refractivity contribution in [2.24, 2.45) is 5.92 Å². The van der Waals surface area contributed by atoms with Gasteiger partial charge >= 0.3 is 5.97 Å². The lowest BCUT2D eigenvalue weighted by Crippen LogP contribution is -2.52. The van der Waals surface area contributed by atoms with Crippen LogP contribution in [0.1, 0.15) is 32.1 Å². The van der Waals surface area contributed by atoms with Gasteiger partial charge in [0, 0.05) is 19.6 Å². The Morgan fingerprint density at radius 1 is 1.29 bits per heavy atom. The normalized spacial score (nSPS) is 33.0. The number of rotatable bonds is 3. The van der Waals surface area contributed by atoms with Crippen LogP contribution in [0.3, 0.4) is 0 Å². The molecule has 5 nitrogen and oxygen atoms in total. The first-order valence-electron chi connectivity index (χ1n) is 6.19. The maximum atomic E-state index is 12.2. The third-order valence-corrected chi connectivity index (χ3v) is 3.85. The van der Waals surface area contributed by atoms with Gasteiger partial charge in [0.15, 0.2) is 0 Å². The van der Waals surface area contributed by atoms with Crippen LogP contribution in [0.5, 0.6) is 0 Å². The van der Waals surface area contributed by atoms with Gasteiger partial charge in [0.05, 0.1) is 6.10 Å². The quantitative estimate of drug-likeness (QED) is 0.796. The molecule has 0 spiro atoms. The van der Waals surface area contributed by atoms with Gasteiger partial charge in [-0.2, -0.15) is 0 Å². The Hall–Kier alpha value is -1.10. The minimum atomic E-state index is -0.874. The van der Waals surface area contributed by atoms with Crippen LogP contribution in [0.15, 0.2) is 0 Å². The summed E-state index contributed by atoms with van der Waals surface area (Å²) in [5.41, 5.74) is 0. The summed E-state index contributed by atoms with van der Waals surface area (Å²) < 4.78 is 5.14. The molecule has 1 amide bonds. The van der Waals surface area contributed by atoms with E-state index in [4.69, 9.17) is 9.84 Å². The predicted molar refractivity (Wildman–Crippen MR) is 60.5 cm³/mol. The molecule has 1 N–H and O–H groups in total. The van der Waals surface area contributed by atoms with Crippen LogP contribution in [0, 0.1) is 5.92 Å². The molecule has 2 aliphatic rings. The van der Waals surface area contributed by atoms with Crippen LogP contribution in [0.4, 0.5) is 0 Å². The standard InChI is InChI=1S/C12H19NO4/c1-17-9-6-8(7-9)11(14)13-5-3-2-4-10(13)12(15)16/h8-10H,2-7H2,1H3,(H,15,16). The van der Waals surface area contributed by atoms with Crippen molar-refractivity contribution in [3.05, 3.63) is 0 Å². The van der Waals surface area contributed by atoms with Crippen LogP contribution in [-0.2, 0) is 14.3 Å². The van der Waals surface area contributed by atoms with Gasteiger partial charge in [-0.15, -0.1) is 0 Å². The molecule has 2 rings (SSSR count). The fraction of sp³-hybridized carbons (Fsp3) is 0.833. The van der Waals surface area contributed by atoms with Crippen molar-refractivity contribution in [1.29, 1.82) is 0 Å². The van der Waals surface area contributed by atoms with Crippen LogP contribution in [0.25, 0.3) is 0 Å². The van der Waals surface area contributed by atoms with Gasteiger partial charge in [0.25, 0.3) is 0 Å². The number of hydrogen-bond donors (Lipinski definition) is 1. The number of nitrogens with zero attached hydrogens (tertiary/aromatic N) is 1. The molecule has 1 atom stereocenters. The van der Waals surface area contributed by atoms with Crippen LogP contribution < -0.4 is 0 Å². The molecule has 17 heavy (non-hydrogen) atoms. The number of carboxylic acids is 1. The van der Waals surface area contributed by atoms with E-state index in [2.05, 4.69) is 0 Å². The zero-order chi connectivity index (χ0) is 12.4. The molecule has 1 unspecified atom stereocenters. The average Bonchev–Trinajstić information content (AvgIpc) is 2.27. The van der Waals surface area contributed by atoms with E-state index in [1.165, 1.54) is 0 Å². The van der Waals surface area contributed by atoms with E-state index in [-0.39, 0.29) is 17.9 Å². The lowest BCUT2D eigenvalue weighted by Gasteiger charge is -2.40. The Morgan fingerprint density at radius 2 is 2.00 bits per heavy atom. The van der Waals surface area contributed by atoms with Crippen molar-refractivity contribution < 1.29 is 19.4 Å². The number of hydrogen-bond acceptors (Lipinski definition) is 3. The summed E-state index contributed by atoms with van der Waals surface area (Å²) in [7, 11) is 1.65. The Labute approximate surface area is 101 Å². The number of ether oxygens (including phenoxy) is 1. The lowest BCUT2D eigenvalue weighted by atomic mass is 9.80. The topological polar surface area (TPSA) is 66.8 Å². The lowest BCUT2D eigenvalue weighted by molar-refractivity contribution is -0.157. The second kappa shape index (κ2) is 5.04. The summed E-state index contributed by atoms with van der Waals surface area (Å²) in [5.74, 6) is -0.897. The van der Waals surface area contributed by atoms with Crippen LogP contribution in [-0.4, -0.2) is 47.7 Å². The Balaban J connectivity index is 1.95. The summed E-state index contributed by atoms with van der Waals surface area (Å²) in [6, 6.07) is -0.613. The molecule has 0 aromatic heterocycles. The highest BCUT2D eigenvalue weighted by Crippen LogP contribution is 2.33. The number of likely N-dealkylation sites (tertiary alicyclic amines) is 1. The SMILES string of the molecule is COC1CC(C(=O)N2CCCCC2C(=O)O)C1. The highest BCUT2D eigenvalue weighted by Gasteiger charge is 2.41. The molecule has 1 aliphatic carbocycles. The van der Waals surface area contributed by atoms with E-state index in [0.29, 0.717) is 13.0 Å². The summed E-state index contributed by atoms with van der Waals surface area (Å²) in [6.07, 6.45) is 4.04. The van der Waals surface area contributed by atoms with E-state index in [1.807, 2.05) is 0 Å². The fourth-order valence-corrected chi connectivity index (χ4v) is 2.65. The number of carboxylic acid groups (broad SMARTS) is 1. The molecule has 5 heteroatoms. The van der Waals surface area contributed by atoms with E-state index in [9.17, 15) is 9.59 Å². The molecule has 2 fully saturated rings. The van der Waals surface area contributed by atoms with Crippen LogP contribution in [0.2, 0.25) is 0 Å². The molecule has 0 bridgehead atoms. The minimum Gasteiger partial charge on any atom is -0.480 e. The second-order valence-electron chi connectivity index (χ2n) is 4.91. The summed E-state index contributed by atoms with van der Waals surface area (Å²) in [6.45, 7) is 0.587. The van der Waals surface area contributed by atoms with Gasteiger partial charge in [-0.3, -0.25) is 4.79 Å². The van der Waals surface area contributed by atoms with Crippen LogP contribution >= 0.6 is 0 Å². The van der Waals surface area contributed by atoms with Crippen molar-refractivity contribution >= 4 is 11.9 Å². The third kappa shape index (κ3) is 2.44. The third-order valence-electron chi connectivity index (χ3n) is 3.85. The zero-order valence-corrected chi connectivity index (χ0v) is 10.1. The fourth-order valence-electron chi connectivity index (χ4n) is 2.65. The van der Waals surface area contributed by atoms with Crippen molar-refractivity contribution in [3.8, 4) is 0 Å². The molecule has 1 heterocycles. The smallest absolute Gasteiger partial charge is 0.326 e. The molecular formula is C12H19NO4. The molecule has 0 aromatic carbocycles. The van der Waals surface area contributed by atoms with Gasteiger partial charge in [-0.05, 0) is 32.1 Å². The van der Waals surface area contributed by atoms with Gasteiger partial charge in [-0.25, -0.2) is 4.79 Å². The molecule has 1 aliphatic heterocycles. The Kier molecular flexibility index (Phi) is 3.66. The Bertz CT molecular complexity index is 312. The summed E-state index contributed by atoms with van der Waals surface area (Å²) in [5, 5.41) is 9.11. The molecular weight excluding hydrogens is 222 g/mol. The first-order chi connectivity index (χ1) is 8.13. The average molecular weight is 241 g/mol. The molecule has 0 aromatic rings. The number of piperidine rings is 1. The summed E-state index contributed by atoms with van der Waals surface area (Å²) >= 11 is 0. The number of methoxy groups -OCH3 is 1. The van der Waals surface area contributed by atoms with Gasteiger partial charge < -0.3 is 14.7 Å². The highest BCUT2D eigenvalue weighted by molar-refractivity contribution is 5.85. The molecule has 1 saturated heterocycles. The van der Waals surface area contributed by atoms with Gasteiger partial charge in [-0.1, -0.05) is 0 Å². The predicted octanol–water partition coefficient (Wildman–Crippen LogP) is 0.877. The number of amides is 1. The van der Waals surface area contributed by atoms with Crippen molar-refractivity contribution in [3.63, 3.8) is 0 Å². The number of carbonyl (C=O) groups is 2. The van der Waals surface area contributed by atoms with E-state index in [1.54, 1.807) is 12.0 Å². The first kappa shape index (κ1) is 12.4. The van der Waals surface area contributed by atoms with Crippen molar-refractivity contribution in [2.75, 3.05) is 13.7 Å². The van der Waals surface area contributed by atoms with Gasteiger partial charge in [0.1, 0.15) is 6.04 Å². The van der Waals surface area contributed by atoms with E-state index < -0.39 is 12.0 Å². The largest absolute Gasteiger partial charge is 0.480 e. The first-order valence-corrected chi connectivity index (χ1v) is 6.19. The Morgan fingerprint density at radius 3 is 2.59 bits per heavy atom. The zero-order valence-electron chi connectivity index (χ0n) is 10.1. The maximum Gasteiger partial charge on any atom is 0.326 e. The van der Waals surface area contributed by atoms with Crippen molar-refractivity contribution in [1.82, 2.24) is 4.90 Å². The molecule has 0 radical (unpaired) electrons. The van der Waals surface area contributed by atoms with Gasteiger partial charge in [0.2, 0.25) is 5.91 Å². The molecule has 96 valence electrons. The highest BCUT2D eigenvalue weighted by atomic mass is 16.5. The van der Waals surface area contributed by atoms with E-state index >= 15 is 0 Å². The van der Waals surface area contributed by atoms with Crippen molar-refractivity contribution in [2.45, 2.75) is 44.2 Å². The number of carbonyl (C=O) groups excluding carboxylic acids is 1. The van der Waals surface area contributed by atoms with E-state index in [0.717, 1.165) is 25.7 Å². The maximum absolute atomic E-state index is 12.2. The second-order valence-corrected chi connectivity index (χ2v) is 4.91.